The van der Waals surface area contributed by atoms with Gasteiger partial charge < -0.3 is 9.84 Å². The average Bonchev–Trinajstić information content (AvgIpc) is 2.27. The lowest BCUT2D eigenvalue weighted by molar-refractivity contribution is -0.138. The van der Waals surface area contributed by atoms with Crippen LogP contribution in [-0.4, -0.2) is 17.7 Å². The largest absolute Gasteiger partial charge is 0.494 e. The molecular weight excluding hydrogens is 249 g/mol. The van der Waals surface area contributed by atoms with Crippen LogP contribution in [0.25, 0.3) is 5.76 Å². The lowest BCUT2D eigenvalue weighted by atomic mass is 10.0. The van der Waals surface area contributed by atoms with Crippen molar-refractivity contribution in [3.8, 4) is 0 Å². The molecule has 0 aliphatic rings. The highest BCUT2D eigenvalue weighted by Gasteiger charge is 2.35. The molecule has 98 valence electrons. The Hall–Kier alpha value is -1.98. The molecule has 0 aromatic heterocycles. The van der Waals surface area contributed by atoms with Gasteiger partial charge in [0.2, 0.25) is 0 Å². The number of hydrogen-bond donors (Lipinski definition) is 1. The van der Waals surface area contributed by atoms with E-state index in [0.717, 1.165) is 12.1 Å². The van der Waals surface area contributed by atoms with Crippen LogP contribution in [0, 0.1) is 0 Å². The monoisotopic (exact) mass is 260 g/mol. The number of ether oxygens (including phenoxy) is 1. The maximum Gasteiger partial charge on any atom is 0.417 e. The minimum absolute atomic E-state index is 0.0694. The van der Waals surface area contributed by atoms with Crippen molar-refractivity contribution in [3.05, 3.63) is 41.5 Å². The summed E-state index contributed by atoms with van der Waals surface area (Å²) >= 11 is 0. The molecule has 1 aromatic carbocycles. The Morgan fingerprint density at radius 3 is 2.50 bits per heavy atom. The fraction of sp³-hybridized carbons (Fsp3) is 0.250. The van der Waals surface area contributed by atoms with E-state index in [1.165, 1.54) is 6.07 Å². The Morgan fingerprint density at radius 2 is 2.06 bits per heavy atom. The molecule has 0 aliphatic heterocycles. The van der Waals surface area contributed by atoms with Gasteiger partial charge in [0.05, 0.1) is 17.7 Å². The van der Waals surface area contributed by atoms with Crippen LogP contribution in [0.2, 0.25) is 0 Å². The van der Waals surface area contributed by atoms with Crippen molar-refractivity contribution in [2.75, 3.05) is 6.61 Å². The molecule has 0 spiro atoms. The van der Waals surface area contributed by atoms with Crippen molar-refractivity contribution in [1.82, 2.24) is 0 Å². The van der Waals surface area contributed by atoms with Crippen molar-refractivity contribution in [3.63, 3.8) is 0 Å². The van der Waals surface area contributed by atoms with Crippen LogP contribution in [0.4, 0.5) is 13.2 Å². The van der Waals surface area contributed by atoms with Gasteiger partial charge in [-0.1, -0.05) is 12.6 Å². The minimum Gasteiger partial charge on any atom is -0.494 e. The molecule has 3 nitrogen and oxygen atoms in total. The third kappa shape index (κ3) is 3.03. The fourth-order valence-electron chi connectivity index (χ4n) is 1.40. The predicted molar refractivity (Wildman–Crippen MR) is 59.1 cm³/mol. The van der Waals surface area contributed by atoms with Gasteiger partial charge in [0, 0.05) is 5.56 Å². The van der Waals surface area contributed by atoms with E-state index >= 15 is 0 Å². The number of aromatic carboxylic acids is 1. The normalized spacial score (nSPS) is 11.1. The molecule has 0 atom stereocenters. The van der Waals surface area contributed by atoms with Gasteiger partial charge in [-0.05, 0) is 19.1 Å². The summed E-state index contributed by atoms with van der Waals surface area (Å²) in [6.45, 7) is 5.41. The first kappa shape index (κ1) is 14.1. The van der Waals surface area contributed by atoms with E-state index in [9.17, 15) is 18.0 Å². The number of carboxylic acid groups (broad SMARTS) is 1. The first-order valence-corrected chi connectivity index (χ1v) is 5.04. The summed E-state index contributed by atoms with van der Waals surface area (Å²) in [5.74, 6) is -1.56. The molecule has 1 N–H and O–H groups in total. The summed E-state index contributed by atoms with van der Waals surface area (Å²) in [7, 11) is 0. The van der Waals surface area contributed by atoms with Crippen molar-refractivity contribution in [2.45, 2.75) is 13.1 Å². The fourth-order valence-corrected chi connectivity index (χ4v) is 1.40. The summed E-state index contributed by atoms with van der Waals surface area (Å²) < 4.78 is 43.1. The van der Waals surface area contributed by atoms with E-state index in [4.69, 9.17) is 9.84 Å². The van der Waals surface area contributed by atoms with Gasteiger partial charge in [-0.15, -0.1) is 0 Å². The summed E-state index contributed by atoms with van der Waals surface area (Å²) in [6.07, 6.45) is -4.74. The molecule has 18 heavy (non-hydrogen) atoms. The van der Waals surface area contributed by atoms with Gasteiger partial charge in [-0.25, -0.2) is 4.79 Å². The van der Waals surface area contributed by atoms with Gasteiger partial charge in [0.1, 0.15) is 5.76 Å². The van der Waals surface area contributed by atoms with Crippen LogP contribution in [0.15, 0.2) is 24.8 Å². The Bertz CT molecular complexity index is 478. The number of benzene rings is 1. The second-order valence-corrected chi connectivity index (χ2v) is 3.42. The number of halogens is 3. The molecule has 0 radical (unpaired) electrons. The van der Waals surface area contributed by atoms with Gasteiger partial charge in [0.25, 0.3) is 0 Å². The topological polar surface area (TPSA) is 46.5 Å². The van der Waals surface area contributed by atoms with E-state index in [0.29, 0.717) is 0 Å². The highest BCUT2D eigenvalue weighted by atomic mass is 19.4. The SMILES string of the molecule is C=C(OCC)c1ccc(C(=O)O)c(C(F)(F)F)c1. The van der Waals surface area contributed by atoms with Crippen LogP contribution in [-0.2, 0) is 10.9 Å². The van der Waals surface area contributed by atoms with Crippen molar-refractivity contribution in [1.29, 1.82) is 0 Å². The number of hydrogen-bond acceptors (Lipinski definition) is 2. The van der Waals surface area contributed by atoms with Crippen LogP contribution in [0.1, 0.15) is 28.4 Å². The lowest BCUT2D eigenvalue weighted by Crippen LogP contribution is -2.13. The number of alkyl halides is 3. The van der Waals surface area contributed by atoms with E-state index in [1.807, 2.05) is 0 Å². The van der Waals surface area contributed by atoms with Crippen LogP contribution < -0.4 is 0 Å². The molecule has 1 rings (SSSR count). The zero-order valence-electron chi connectivity index (χ0n) is 9.54. The first-order valence-electron chi connectivity index (χ1n) is 5.04. The highest BCUT2D eigenvalue weighted by molar-refractivity contribution is 5.90. The second-order valence-electron chi connectivity index (χ2n) is 3.42. The number of carboxylic acids is 1. The predicted octanol–water partition coefficient (Wildman–Crippen LogP) is 3.41. The van der Waals surface area contributed by atoms with Gasteiger partial charge in [-0.2, -0.15) is 13.2 Å². The van der Waals surface area contributed by atoms with E-state index < -0.39 is 23.3 Å². The number of carbonyl (C=O) groups is 1. The van der Waals surface area contributed by atoms with Crippen molar-refractivity contribution in [2.24, 2.45) is 0 Å². The molecule has 0 saturated heterocycles. The number of rotatable bonds is 4. The summed E-state index contributed by atoms with van der Waals surface area (Å²) in [5.41, 5.74) is -1.90. The highest BCUT2D eigenvalue weighted by Crippen LogP contribution is 2.34. The Balaban J connectivity index is 3.30. The van der Waals surface area contributed by atoms with Crippen molar-refractivity contribution >= 4 is 11.7 Å². The van der Waals surface area contributed by atoms with Gasteiger partial charge >= 0.3 is 12.1 Å². The molecule has 0 aliphatic carbocycles. The van der Waals surface area contributed by atoms with Crippen molar-refractivity contribution < 1.29 is 27.8 Å². The van der Waals surface area contributed by atoms with E-state index in [-0.39, 0.29) is 17.9 Å². The molecule has 0 amide bonds. The van der Waals surface area contributed by atoms with Crippen LogP contribution in [0.5, 0.6) is 0 Å². The third-order valence-corrected chi connectivity index (χ3v) is 2.20. The molecule has 1 aromatic rings. The molecule has 0 fully saturated rings. The third-order valence-electron chi connectivity index (χ3n) is 2.20. The molecule has 0 unspecified atom stereocenters. The maximum absolute atomic E-state index is 12.7. The molecule has 0 saturated carbocycles. The Morgan fingerprint density at radius 1 is 1.44 bits per heavy atom. The smallest absolute Gasteiger partial charge is 0.417 e. The quantitative estimate of drug-likeness (QED) is 0.844. The van der Waals surface area contributed by atoms with E-state index in [2.05, 4.69) is 6.58 Å². The van der Waals surface area contributed by atoms with Gasteiger partial charge in [0.15, 0.2) is 0 Å². The Labute approximate surface area is 101 Å². The molecular formula is C12H11F3O3. The summed E-state index contributed by atoms with van der Waals surface area (Å²) in [6, 6.07) is 2.85. The molecule has 0 bridgehead atoms. The zero-order chi connectivity index (χ0) is 13.9. The minimum atomic E-state index is -4.74. The Kier molecular flexibility index (Phi) is 4.00. The molecule has 0 heterocycles. The first-order chi connectivity index (χ1) is 8.27. The second kappa shape index (κ2) is 5.12. The summed E-state index contributed by atoms with van der Waals surface area (Å²) in [4.78, 5) is 10.7. The standard InChI is InChI=1S/C12H11F3O3/c1-3-18-7(2)8-4-5-9(11(16)17)10(6-8)12(13,14)15/h4-6H,2-3H2,1H3,(H,16,17). The average molecular weight is 260 g/mol. The van der Waals surface area contributed by atoms with E-state index in [1.54, 1.807) is 6.92 Å². The lowest BCUT2D eigenvalue weighted by Gasteiger charge is -2.13. The maximum atomic E-state index is 12.7. The van der Waals surface area contributed by atoms with Crippen LogP contribution >= 0.6 is 0 Å². The summed E-state index contributed by atoms with van der Waals surface area (Å²) in [5, 5.41) is 8.71. The molecule has 6 heteroatoms. The zero-order valence-corrected chi connectivity index (χ0v) is 9.54. The van der Waals surface area contributed by atoms with Crippen LogP contribution in [0.3, 0.4) is 0 Å². The van der Waals surface area contributed by atoms with Gasteiger partial charge in [-0.3, -0.25) is 0 Å².